The van der Waals surface area contributed by atoms with E-state index in [1.54, 1.807) is 0 Å². The molecule has 0 atom stereocenters. The van der Waals surface area contributed by atoms with Crippen molar-refractivity contribution in [3.05, 3.63) is 0 Å². The molecule has 0 nitrogen and oxygen atoms in total. The van der Waals surface area contributed by atoms with E-state index in [1.807, 2.05) is 0 Å². The van der Waals surface area contributed by atoms with Gasteiger partial charge in [-0.3, -0.25) is 0 Å². The summed E-state index contributed by atoms with van der Waals surface area (Å²) in [6.07, 6.45) is 0. The molecule has 0 heterocycles. The number of rotatable bonds is 0. The first-order valence-electron chi connectivity index (χ1n) is 0.845. The van der Waals surface area contributed by atoms with Crippen LogP contribution in [-0.2, 0) is 40.0 Å². The van der Waals surface area contributed by atoms with Crippen molar-refractivity contribution < 1.29 is 89.6 Å². The molecule has 0 saturated carbocycles. The second-order valence-corrected chi connectivity index (χ2v) is 10.6. The van der Waals surface area contributed by atoms with Crippen LogP contribution in [-0.4, -0.2) is 2.33 Å². The summed E-state index contributed by atoms with van der Waals surface area (Å²) >= 11 is 7.75. The molecule has 0 rings (SSSR count). The van der Waals surface area contributed by atoms with Crippen molar-refractivity contribution >= 4 is 31.9 Å². The molecular formula is CHBr2Cl4TiZn. The zero-order valence-electron chi connectivity index (χ0n) is 4.05. The topological polar surface area (TPSA) is 0 Å². The predicted octanol–water partition coefficient (Wildman–Crippen LogP) is -10.4. The Kier molecular flexibility index (Phi) is 131. The van der Waals surface area contributed by atoms with E-state index in [4.69, 9.17) is 0 Å². The normalized spacial score (nSPS) is 4.11. The summed E-state index contributed by atoms with van der Waals surface area (Å²) in [5, 5.41) is 0. The number of halogens is 6. The van der Waals surface area contributed by atoms with Gasteiger partial charge in [0.15, 0.2) is 0 Å². The fraction of sp³-hybridized carbons (Fsp3) is 1.00. The van der Waals surface area contributed by atoms with Crippen LogP contribution in [0.2, 0.25) is 0 Å². The third kappa shape index (κ3) is 85.7. The molecule has 0 aliphatic carbocycles. The predicted molar refractivity (Wildman–Crippen MR) is 21.6 cm³/mol. The molecular weight excluding hydrogens is 427 g/mol. The van der Waals surface area contributed by atoms with E-state index in [0.717, 1.165) is 0 Å². The fourth-order valence-corrected chi connectivity index (χ4v) is 0. The van der Waals surface area contributed by atoms with Gasteiger partial charge in [0.05, 0.1) is 0 Å². The van der Waals surface area contributed by atoms with Gasteiger partial charge < -0.3 is 49.6 Å². The molecule has 0 unspecified atom stereocenters. The summed E-state index contributed by atoms with van der Waals surface area (Å²) in [5.74, 6) is 0. The molecule has 0 aliphatic rings. The summed E-state index contributed by atoms with van der Waals surface area (Å²) in [5.41, 5.74) is 0. The van der Waals surface area contributed by atoms with Crippen molar-refractivity contribution in [2.24, 2.45) is 0 Å². The molecule has 8 heteroatoms. The molecule has 9 heavy (non-hydrogen) atoms. The Morgan fingerprint density at radius 1 is 0.889 bits per heavy atom. The maximum atomic E-state index is 3.24. The Morgan fingerprint density at radius 3 is 0.889 bits per heavy atom. The minimum atomic E-state index is 0. The third-order valence-electron chi connectivity index (χ3n) is 0. The molecule has 0 aromatic heterocycles. The van der Waals surface area contributed by atoms with Crippen LogP contribution in [0.15, 0.2) is 0 Å². The van der Waals surface area contributed by atoms with Gasteiger partial charge in [-0.1, -0.05) is 0 Å². The standard InChI is InChI=1S/CHBr2.4ClH.Ti.Zn/c2-1-3;;;;;;/h1H;4*1H;;/q;;;;;+4;/p-4. The minimum absolute atomic E-state index is 0. The van der Waals surface area contributed by atoms with Crippen LogP contribution in [0.25, 0.3) is 0 Å². The van der Waals surface area contributed by atoms with Crippen LogP contribution >= 0.6 is 31.9 Å². The van der Waals surface area contributed by atoms with Gasteiger partial charge in [-0.2, -0.15) is 0 Å². The molecule has 0 amide bonds. The zero-order chi connectivity index (χ0) is 3.58. The second-order valence-electron chi connectivity index (χ2n) is 0.391. The number of hydrogen-bond acceptors (Lipinski definition) is 0. The van der Waals surface area contributed by atoms with Crippen LogP contribution in [0.5, 0.6) is 0 Å². The molecule has 0 saturated heterocycles. The first kappa shape index (κ1) is 39.2. The van der Waals surface area contributed by atoms with Crippen molar-refractivity contribution in [2.75, 3.05) is 0 Å². The first-order chi connectivity index (χ1) is 1.73. The van der Waals surface area contributed by atoms with E-state index in [2.05, 4.69) is 31.9 Å². The van der Waals surface area contributed by atoms with E-state index >= 15 is 0 Å². The molecule has 0 N–H and O–H groups in total. The number of alkyl halides is 2. The van der Waals surface area contributed by atoms with Crippen LogP contribution in [0.1, 0.15) is 0 Å². The first-order valence-corrected chi connectivity index (χ1v) is 4.39. The summed E-state index contributed by atoms with van der Waals surface area (Å²) in [4.78, 5) is 0. The van der Waals surface area contributed by atoms with Gasteiger partial charge in [0.25, 0.3) is 0 Å². The Balaban J connectivity index is -0.00000000450. The van der Waals surface area contributed by atoms with Gasteiger partial charge in [0, 0.05) is 0 Å². The molecule has 0 spiro atoms. The molecule has 0 fully saturated rings. The molecule has 0 aliphatic heterocycles. The quantitative estimate of drug-likeness (QED) is 0.266. The van der Waals surface area contributed by atoms with E-state index in [0.29, 0.717) is 2.33 Å². The van der Waals surface area contributed by atoms with Gasteiger partial charge in [-0.15, -0.1) is 0 Å². The van der Waals surface area contributed by atoms with Crippen molar-refractivity contribution in [3.63, 3.8) is 0 Å². The van der Waals surface area contributed by atoms with E-state index < -0.39 is 0 Å². The summed E-state index contributed by atoms with van der Waals surface area (Å²) < 4.78 is 0.583. The van der Waals surface area contributed by atoms with Crippen LogP contribution in [0.4, 0.5) is 0 Å². The molecule has 53 valence electrons. The molecule has 0 aromatic rings. The number of hydrogen-bond donors (Lipinski definition) is 0. The van der Waals surface area contributed by atoms with E-state index in [1.165, 1.54) is 18.3 Å². The van der Waals surface area contributed by atoms with Gasteiger partial charge in [0.1, 0.15) is 0 Å². The zero-order valence-corrected chi connectivity index (χ0v) is 14.8. The van der Waals surface area contributed by atoms with Crippen molar-refractivity contribution in [3.8, 4) is 0 Å². The average Bonchev–Trinajstić information content (AvgIpc) is 0.811. The average molecular weight is 428 g/mol. The van der Waals surface area contributed by atoms with E-state index in [-0.39, 0.29) is 71.3 Å². The Hall–Kier alpha value is 3.46. The maximum absolute atomic E-state index is 3.24. The fourth-order valence-electron chi connectivity index (χ4n) is 0. The summed E-state index contributed by atoms with van der Waals surface area (Å²) in [7, 11) is 0. The van der Waals surface area contributed by atoms with Gasteiger partial charge in [0.2, 0.25) is 0 Å². The molecule has 0 aromatic carbocycles. The van der Waals surface area contributed by atoms with Crippen LogP contribution in [0, 0.1) is 0 Å². The summed E-state index contributed by atoms with van der Waals surface area (Å²) in [6.45, 7) is 0. The third-order valence-corrected chi connectivity index (χ3v) is 0. The Labute approximate surface area is 122 Å². The van der Waals surface area contributed by atoms with Crippen molar-refractivity contribution in [1.82, 2.24) is 0 Å². The summed E-state index contributed by atoms with van der Waals surface area (Å²) in [6, 6.07) is 0. The van der Waals surface area contributed by atoms with Crippen LogP contribution < -0.4 is 49.6 Å². The molecule has 0 radical (unpaired) electrons. The van der Waals surface area contributed by atoms with Gasteiger partial charge in [-0.25, -0.2) is 0 Å². The van der Waals surface area contributed by atoms with Crippen LogP contribution in [0.3, 0.4) is 0 Å². The second kappa shape index (κ2) is 30.0. The van der Waals surface area contributed by atoms with Crippen molar-refractivity contribution in [1.29, 1.82) is 0 Å². The Morgan fingerprint density at radius 2 is 0.889 bits per heavy atom. The van der Waals surface area contributed by atoms with Crippen molar-refractivity contribution in [2.45, 2.75) is 2.33 Å². The van der Waals surface area contributed by atoms with Gasteiger partial charge in [-0.05, 0) is 0 Å². The SMILES string of the molecule is [Cl-].[Cl-].[Cl-].[Cl-].[Ti+4].[Zn][CH](Br)Br. The molecule has 0 bridgehead atoms. The Bertz CT molecular complexity index is 23.3. The monoisotopic (exact) mass is 423 g/mol. The van der Waals surface area contributed by atoms with Gasteiger partial charge >= 0.3 is 74.2 Å². The van der Waals surface area contributed by atoms with E-state index in [9.17, 15) is 0 Å².